The third-order valence-electron chi connectivity index (χ3n) is 4.80. The van der Waals surface area contributed by atoms with Gasteiger partial charge in [0.1, 0.15) is 0 Å². The minimum Gasteiger partial charge on any atom is -0.350 e. The summed E-state index contributed by atoms with van der Waals surface area (Å²) in [6.07, 6.45) is 2.29. The number of likely N-dealkylation sites (N-methyl/N-ethyl adjacent to an activating group) is 1. The van der Waals surface area contributed by atoms with Crippen molar-refractivity contribution in [2.45, 2.75) is 26.7 Å². The van der Waals surface area contributed by atoms with Crippen LogP contribution in [0.25, 0.3) is 0 Å². The van der Waals surface area contributed by atoms with E-state index in [0.29, 0.717) is 6.54 Å². The second-order valence-corrected chi connectivity index (χ2v) is 7.37. The highest BCUT2D eigenvalue weighted by Crippen LogP contribution is 2.37. The minimum absolute atomic E-state index is 0.0358. The van der Waals surface area contributed by atoms with Crippen molar-refractivity contribution in [3.63, 3.8) is 0 Å². The third kappa shape index (κ3) is 4.22. The third-order valence-corrected chi connectivity index (χ3v) is 5.91. The second-order valence-electron chi connectivity index (χ2n) is 6.30. The molecule has 1 aromatic heterocycles. The lowest BCUT2D eigenvalue weighted by molar-refractivity contribution is 0.0953. The average Bonchev–Trinajstić information content (AvgIpc) is 3.15. The standard InChI is InChI=1S/C20H27N3OS/c1-3-22(4-2)15-13-21-20(24)18-11-12-19(25-18)23-14-7-9-16-8-5-6-10-17(16)23/h5-6,8,10-12H,3-4,7,9,13-15H2,1-2H3,(H,21,24). The first-order valence-electron chi connectivity index (χ1n) is 9.18. The number of carbonyl (C=O) groups excluding carboxylic acids is 1. The molecule has 2 aromatic rings. The summed E-state index contributed by atoms with van der Waals surface area (Å²) < 4.78 is 0. The lowest BCUT2D eigenvalue weighted by Gasteiger charge is -2.30. The summed E-state index contributed by atoms with van der Waals surface area (Å²) in [6.45, 7) is 8.94. The number of nitrogens with zero attached hydrogens (tertiary/aromatic N) is 2. The van der Waals surface area contributed by atoms with E-state index < -0.39 is 0 Å². The first-order valence-corrected chi connectivity index (χ1v) is 10.0. The summed E-state index contributed by atoms with van der Waals surface area (Å²) in [7, 11) is 0. The first-order chi connectivity index (χ1) is 12.2. The largest absolute Gasteiger partial charge is 0.350 e. The summed E-state index contributed by atoms with van der Waals surface area (Å²) in [5, 5.41) is 4.20. The molecule has 0 aliphatic carbocycles. The van der Waals surface area contributed by atoms with Gasteiger partial charge in [-0.2, -0.15) is 0 Å². The van der Waals surface area contributed by atoms with Crippen molar-refractivity contribution in [2.24, 2.45) is 0 Å². The van der Waals surface area contributed by atoms with Crippen LogP contribution in [-0.4, -0.2) is 43.5 Å². The molecule has 1 aliphatic rings. The summed E-state index contributed by atoms with van der Waals surface area (Å²) in [6, 6.07) is 12.6. The van der Waals surface area contributed by atoms with Crippen molar-refractivity contribution < 1.29 is 4.79 Å². The van der Waals surface area contributed by atoms with E-state index in [2.05, 4.69) is 59.3 Å². The smallest absolute Gasteiger partial charge is 0.261 e. The Labute approximate surface area is 154 Å². The van der Waals surface area contributed by atoms with Crippen LogP contribution >= 0.6 is 11.3 Å². The number of hydrogen-bond acceptors (Lipinski definition) is 4. The molecular formula is C20H27N3OS. The van der Waals surface area contributed by atoms with Crippen molar-refractivity contribution in [3.05, 3.63) is 46.8 Å². The monoisotopic (exact) mass is 357 g/mol. The van der Waals surface area contributed by atoms with Crippen molar-refractivity contribution in [3.8, 4) is 0 Å². The molecule has 134 valence electrons. The van der Waals surface area contributed by atoms with Gasteiger partial charge >= 0.3 is 0 Å². The van der Waals surface area contributed by atoms with Crippen LogP contribution in [0.4, 0.5) is 10.7 Å². The Hall–Kier alpha value is -1.85. The highest BCUT2D eigenvalue weighted by Gasteiger charge is 2.20. The van der Waals surface area contributed by atoms with Crippen LogP contribution in [0.1, 0.15) is 35.5 Å². The fourth-order valence-corrected chi connectivity index (χ4v) is 4.27. The van der Waals surface area contributed by atoms with Gasteiger partial charge in [0.25, 0.3) is 5.91 Å². The van der Waals surface area contributed by atoms with E-state index in [1.807, 2.05) is 6.07 Å². The highest BCUT2D eigenvalue weighted by molar-refractivity contribution is 7.18. The fraction of sp³-hybridized carbons (Fsp3) is 0.450. The first kappa shape index (κ1) is 18.0. The minimum atomic E-state index is 0.0358. The van der Waals surface area contributed by atoms with Crippen LogP contribution in [0.5, 0.6) is 0 Å². The highest BCUT2D eigenvalue weighted by atomic mass is 32.1. The zero-order valence-electron chi connectivity index (χ0n) is 15.1. The van der Waals surface area contributed by atoms with E-state index in [4.69, 9.17) is 0 Å². The number of rotatable bonds is 7. The van der Waals surface area contributed by atoms with Crippen molar-refractivity contribution >= 4 is 27.9 Å². The number of hydrogen-bond donors (Lipinski definition) is 1. The normalized spacial score (nSPS) is 13.8. The Morgan fingerprint density at radius 3 is 2.80 bits per heavy atom. The van der Waals surface area contributed by atoms with Crippen LogP contribution in [0.2, 0.25) is 0 Å². The van der Waals surface area contributed by atoms with E-state index in [9.17, 15) is 4.79 Å². The number of carbonyl (C=O) groups is 1. The fourth-order valence-electron chi connectivity index (χ4n) is 3.31. The van der Waals surface area contributed by atoms with E-state index >= 15 is 0 Å². The predicted octanol–water partition coefficient (Wildman–Crippen LogP) is 3.90. The van der Waals surface area contributed by atoms with Crippen LogP contribution in [0, 0.1) is 0 Å². The molecule has 3 rings (SSSR count). The Bertz CT molecular complexity index is 708. The van der Waals surface area contributed by atoms with Crippen LogP contribution in [0.3, 0.4) is 0 Å². The maximum atomic E-state index is 12.4. The van der Waals surface area contributed by atoms with Crippen LogP contribution < -0.4 is 10.2 Å². The topological polar surface area (TPSA) is 35.6 Å². The molecule has 1 aliphatic heterocycles. The maximum Gasteiger partial charge on any atom is 0.261 e. The molecule has 2 heterocycles. The van der Waals surface area contributed by atoms with Gasteiger partial charge in [-0.1, -0.05) is 32.0 Å². The molecule has 1 aromatic carbocycles. The predicted molar refractivity (Wildman–Crippen MR) is 106 cm³/mol. The Morgan fingerprint density at radius 1 is 1.20 bits per heavy atom. The average molecular weight is 358 g/mol. The number of anilines is 2. The van der Waals surface area contributed by atoms with Crippen molar-refractivity contribution in [1.29, 1.82) is 0 Å². The molecule has 0 fully saturated rings. The SMILES string of the molecule is CCN(CC)CCNC(=O)c1ccc(N2CCCc3ccccc32)s1. The van der Waals surface area contributed by atoms with E-state index in [1.54, 1.807) is 11.3 Å². The molecule has 0 saturated carbocycles. The van der Waals surface area contributed by atoms with Gasteiger partial charge in [0.2, 0.25) is 0 Å². The van der Waals surface area contributed by atoms with Crippen molar-refractivity contribution in [2.75, 3.05) is 37.6 Å². The second kappa shape index (κ2) is 8.50. The molecular weight excluding hydrogens is 330 g/mol. The van der Waals surface area contributed by atoms with Gasteiger partial charge in [-0.15, -0.1) is 11.3 Å². The van der Waals surface area contributed by atoms with Gasteiger partial charge in [0, 0.05) is 25.3 Å². The number of aryl methyl sites for hydroxylation is 1. The molecule has 0 spiro atoms. The van der Waals surface area contributed by atoms with Gasteiger partial charge < -0.3 is 15.1 Å². The number of benzene rings is 1. The van der Waals surface area contributed by atoms with Crippen molar-refractivity contribution in [1.82, 2.24) is 10.2 Å². The molecule has 0 bridgehead atoms. The lowest BCUT2D eigenvalue weighted by Crippen LogP contribution is -2.34. The van der Waals surface area contributed by atoms with Gasteiger partial charge in [-0.3, -0.25) is 4.79 Å². The Balaban J connectivity index is 1.64. The number of para-hydroxylation sites is 1. The molecule has 1 amide bonds. The van der Waals surface area contributed by atoms with Gasteiger partial charge in [-0.05, 0) is 49.7 Å². The molecule has 25 heavy (non-hydrogen) atoms. The molecule has 0 unspecified atom stereocenters. The van der Waals surface area contributed by atoms with Gasteiger partial charge in [-0.25, -0.2) is 0 Å². The van der Waals surface area contributed by atoms with Gasteiger partial charge in [0.05, 0.1) is 9.88 Å². The molecule has 0 radical (unpaired) electrons. The summed E-state index contributed by atoms with van der Waals surface area (Å²) in [5.41, 5.74) is 2.68. The van der Waals surface area contributed by atoms with E-state index in [0.717, 1.165) is 48.9 Å². The summed E-state index contributed by atoms with van der Waals surface area (Å²) in [4.78, 5) is 17.8. The molecule has 0 saturated heterocycles. The summed E-state index contributed by atoms with van der Waals surface area (Å²) in [5.74, 6) is 0.0358. The van der Waals surface area contributed by atoms with Gasteiger partial charge in [0.15, 0.2) is 0 Å². The molecule has 5 heteroatoms. The molecule has 0 atom stereocenters. The Kier molecular flexibility index (Phi) is 6.10. The van der Waals surface area contributed by atoms with E-state index in [1.165, 1.54) is 11.3 Å². The number of nitrogens with one attached hydrogen (secondary N) is 1. The molecule has 4 nitrogen and oxygen atoms in total. The van der Waals surface area contributed by atoms with Crippen LogP contribution in [0.15, 0.2) is 36.4 Å². The molecule has 1 N–H and O–H groups in total. The zero-order chi connectivity index (χ0) is 17.6. The van der Waals surface area contributed by atoms with Crippen LogP contribution in [-0.2, 0) is 6.42 Å². The Morgan fingerprint density at radius 2 is 2.00 bits per heavy atom. The summed E-state index contributed by atoms with van der Waals surface area (Å²) >= 11 is 1.58. The zero-order valence-corrected chi connectivity index (χ0v) is 15.9. The maximum absolute atomic E-state index is 12.4. The quantitative estimate of drug-likeness (QED) is 0.816. The number of thiophene rings is 1. The van der Waals surface area contributed by atoms with E-state index in [-0.39, 0.29) is 5.91 Å². The number of fused-ring (bicyclic) bond motifs is 1. The number of amides is 1. The lowest BCUT2D eigenvalue weighted by atomic mass is 10.0.